The van der Waals surface area contributed by atoms with Gasteiger partial charge in [0.05, 0.1) is 11.5 Å². The largest absolute Gasteiger partial charge is 0.486 e. The minimum Gasteiger partial charge on any atom is -0.486 e. The number of halogens is 1. The lowest BCUT2D eigenvalue weighted by atomic mass is 10.1. The summed E-state index contributed by atoms with van der Waals surface area (Å²) in [6, 6.07) is 4.39. The first-order valence-electron chi connectivity index (χ1n) is 5.73. The minimum atomic E-state index is -0.444. The van der Waals surface area contributed by atoms with Gasteiger partial charge in [-0.25, -0.2) is 0 Å². The van der Waals surface area contributed by atoms with Crippen LogP contribution < -0.4 is 4.74 Å². The van der Waals surface area contributed by atoms with Gasteiger partial charge in [-0.05, 0) is 24.8 Å². The van der Waals surface area contributed by atoms with Gasteiger partial charge in [0.15, 0.2) is 5.75 Å². The molecule has 0 amide bonds. The van der Waals surface area contributed by atoms with Crippen LogP contribution in [0.1, 0.15) is 25.7 Å². The van der Waals surface area contributed by atoms with Gasteiger partial charge in [0.1, 0.15) is 0 Å². The highest BCUT2D eigenvalue weighted by Gasteiger charge is 2.19. The van der Waals surface area contributed by atoms with E-state index in [1.54, 1.807) is 0 Å². The second-order valence-electron chi connectivity index (χ2n) is 4.33. The molecule has 1 aromatic rings. The Labute approximate surface area is 105 Å². The van der Waals surface area contributed by atoms with E-state index in [9.17, 15) is 10.1 Å². The summed E-state index contributed by atoms with van der Waals surface area (Å²) in [5.74, 6) is 0.794. The van der Waals surface area contributed by atoms with Crippen molar-refractivity contribution in [2.45, 2.75) is 25.7 Å². The molecule has 1 aromatic carbocycles. The molecule has 0 aromatic heterocycles. The highest BCUT2D eigenvalue weighted by Crippen LogP contribution is 2.32. The Kier molecular flexibility index (Phi) is 3.84. The number of hydrogen-bond acceptors (Lipinski definition) is 3. The van der Waals surface area contributed by atoms with Crippen LogP contribution in [-0.2, 0) is 0 Å². The standard InChI is InChI=1S/C12H14ClNO3/c13-10-5-6-11(14(15)16)12(7-10)17-8-9-3-1-2-4-9/h5-7,9H,1-4,8H2. The Morgan fingerprint density at radius 3 is 2.76 bits per heavy atom. The van der Waals surface area contributed by atoms with Gasteiger partial charge in [0.2, 0.25) is 0 Å². The molecule has 0 atom stereocenters. The number of nitro groups is 1. The van der Waals surface area contributed by atoms with Crippen molar-refractivity contribution in [3.05, 3.63) is 33.3 Å². The zero-order chi connectivity index (χ0) is 12.3. The summed E-state index contributed by atoms with van der Waals surface area (Å²) in [7, 11) is 0. The Hall–Kier alpha value is -1.29. The highest BCUT2D eigenvalue weighted by molar-refractivity contribution is 6.30. The average Bonchev–Trinajstić information content (AvgIpc) is 2.78. The van der Waals surface area contributed by atoms with Gasteiger partial charge in [-0.15, -0.1) is 0 Å². The minimum absolute atomic E-state index is 0.0209. The lowest BCUT2D eigenvalue weighted by molar-refractivity contribution is -0.385. The molecule has 17 heavy (non-hydrogen) atoms. The number of benzene rings is 1. The SMILES string of the molecule is O=[N+]([O-])c1ccc(Cl)cc1OCC1CCCC1. The second-order valence-corrected chi connectivity index (χ2v) is 4.77. The summed E-state index contributed by atoms with van der Waals surface area (Å²) in [5.41, 5.74) is -0.0209. The molecular weight excluding hydrogens is 242 g/mol. The Bertz CT molecular complexity index is 416. The van der Waals surface area contributed by atoms with E-state index in [0.29, 0.717) is 17.5 Å². The summed E-state index contributed by atoms with van der Waals surface area (Å²) >= 11 is 5.81. The van der Waals surface area contributed by atoms with E-state index < -0.39 is 4.92 Å². The van der Waals surface area contributed by atoms with Gasteiger partial charge in [0, 0.05) is 17.2 Å². The van der Waals surface area contributed by atoms with Gasteiger partial charge in [0.25, 0.3) is 0 Å². The Morgan fingerprint density at radius 1 is 1.41 bits per heavy atom. The smallest absolute Gasteiger partial charge is 0.311 e. The molecule has 0 radical (unpaired) electrons. The van der Waals surface area contributed by atoms with E-state index in [-0.39, 0.29) is 11.4 Å². The average molecular weight is 256 g/mol. The third kappa shape index (κ3) is 3.09. The van der Waals surface area contributed by atoms with Crippen molar-refractivity contribution in [2.24, 2.45) is 5.92 Å². The second kappa shape index (κ2) is 5.36. The van der Waals surface area contributed by atoms with E-state index in [4.69, 9.17) is 16.3 Å². The van der Waals surface area contributed by atoms with E-state index in [2.05, 4.69) is 0 Å². The molecule has 2 rings (SSSR count). The van der Waals surface area contributed by atoms with Gasteiger partial charge in [-0.2, -0.15) is 0 Å². The van der Waals surface area contributed by atoms with Gasteiger partial charge < -0.3 is 4.74 Å². The van der Waals surface area contributed by atoms with Crippen LogP contribution in [0.25, 0.3) is 0 Å². The fraction of sp³-hybridized carbons (Fsp3) is 0.500. The molecular formula is C12H14ClNO3. The van der Waals surface area contributed by atoms with Crippen molar-refractivity contribution in [1.82, 2.24) is 0 Å². The summed E-state index contributed by atoms with van der Waals surface area (Å²) in [4.78, 5) is 10.4. The molecule has 0 saturated heterocycles. The predicted octanol–water partition coefficient (Wildman–Crippen LogP) is 3.82. The summed E-state index contributed by atoms with van der Waals surface area (Å²) in [5, 5.41) is 11.3. The number of nitro benzene ring substituents is 1. The van der Waals surface area contributed by atoms with Crippen LogP contribution in [-0.4, -0.2) is 11.5 Å². The Morgan fingerprint density at radius 2 is 2.12 bits per heavy atom. The normalized spacial score (nSPS) is 16.1. The fourth-order valence-corrected chi connectivity index (χ4v) is 2.30. The number of ether oxygens (including phenoxy) is 1. The zero-order valence-electron chi connectivity index (χ0n) is 9.39. The molecule has 1 fully saturated rings. The van der Waals surface area contributed by atoms with Crippen LogP contribution in [0.15, 0.2) is 18.2 Å². The molecule has 1 aliphatic rings. The van der Waals surface area contributed by atoms with Gasteiger partial charge >= 0.3 is 5.69 Å². The molecule has 0 spiro atoms. The molecule has 0 heterocycles. The van der Waals surface area contributed by atoms with Crippen LogP contribution in [0, 0.1) is 16.0 Å². The van der Waals surface area contributed by atoms with Crippen LogP contribution in [0.5, 0.6) is 5.75 Å². The van der Waals surface area contributed by atoms with Gasteiger partial charge in [-0.3, -0.25) is 10.1 Å². The van der Waals surface area contributed by atoms with Crippen molar-refractivity contribution in [2.75, 3.05) is 6.61 Å². The van der Waals surface area contributed by atoms with Crippen molar-refractivity contribution in [3.8, 4) is 5.75 Å². The molecule has 1 saturated carbocycles. The third-order valence-corrected chi connectivity index (χ3v) is 3.30. The maximum absolute atomic E-state index is 10.8. The van der Waals surface area contributed by atoms with Crippen molar-refractivity contribution in [1.29, 1.82) is 0 Å². The van der Waals surface area contributed by atoms with Crippen LogP contribution in [0.2, 0.25) is 5.02 Å². The molecule has 0 aliphatic heterocycles. The summed E-state index contributed by atoms with van der Waals surface area (Å²) in [6.07, 6.45) is 4.75. The van der Waals surface area contributed by atoms with Crippen molar-refractivity contribution < 1.29 is 9.66 Å². The first kappa shape index (κ1) is 12.2. The molecule has 5 heteroatoms. The van der Waals surface area contributed by atoms with E-state index in [0.717, 1.165) is 12.8 Å². The fourth-order valence-electron chi connectivity index (χ4n) is 2.14. The summed E-state index contributed by atoms with van der Waals surface area (Å²) < 4.78 is 5.54. The van der Waals surface area contributed by atoms with Crippen LogP contribution in [0.4, 0.5) is 5.69 Å². The Balaban J connectivity index is 2.07. The van der Waals surface area contributed by atoms with Crippen LogP contribution >= 0.6 is 11.6 Å². The van der Waals surface area contributed by atoms with Crippen molar-refractivity contribution in [3.63, 3.8) is 0 Å². The molecule has 1 aliphatic carbocycles. The lowest BCUT2D eigenvalue weighted by Gasteiger charge is -2.11. The van der Waals surface area contributed by atoms with E-state index in [1.165, 1.54) is 31.0 Å². The van der Waals surface area contributed by atoms with Crippen LogP contribution in [0.3, 0.4) is 0 Å². The molecule has 4 nitrogen and oxygen atoms in total. The maximum Gasteiger partial charge on any atom is 0.311 e. The first-order chi connectivity index (χ1) is 8.16. The van der Waals surface area contributed by atoms with Crippen molar-refractivity contribution >= 4 is 17.3 Å². The topological polar surface area (TPSA) is 52.4 Å². The first-order valence-corrected chi connectivity index (χ1v) is 6.11. The number of rotatable bonds is 4. The third-order valence-electron chi connectivity index (χ3n) is 3.07. The van der Waals surface area contributed by atoms with E-state index in [1.807, 2.05) is 0 Å². The maximum atomic E-state index is 10.8. The quantitative estimate of drug-likeness (QED) is 0.607. The summed E-state index contributed by atoms with van der Waals surface area (Å²) in [6.45, 7) is 0.543. The molecule has 0 N–H and O–H groups in total. The molecule has 92 valence electrons. The monoisotopic (exact) mass is 255 g/mol. The predicted molar refractivity (Wildman–Crippen MR) is 65.6 cm³/mol. The lowest BCUT2D eigenvalue weighted by Crippen LogP contribution is -2.09. The number of nitrogens with zero attached hydrogens (tertiary/aromatic N) is 1. The number of hydrogen-bond donors (Lipinski definition) is 0. The zero-order valence-corrected chi connectivity index (χ0v) is 10.2. The highest BCUT2D eigenvalue weighted by atomic mass is 35.5. The molecule has 0 bridgehead atoms. The van der Waals surface area contributed by atoms with E-state index >= 15 is 0 Å². The van der Waals surface area contributed by atoms with Gasteiger partial charge in [-0.1, -0.05) is 24.4 Å². The molecule has 0 unspecified atom stereocenters.